The third-order valence-corrected chi connectivity index (χ3v) is 4.88. The van der Waals surface area contributed by atoms with Crippen LogP contribution in [0.15, 0.2) is 24.3 Å². The SMILES string of the molecule is O=C(Cc1ccccc1[N+](=O)[O-])Nc1nnc(CN2CCCCC2)s1. The summed E-state index contributed by atoms with van der Waals surface area (Å²) in [6.45, 7) is 2.88. The van der Waals surface area contributed by atoms with E-state index in [1.54, 1.807) is 18.2 Å². The maximum absolute atomic E-state index is 12.2. The highest BCUT2D eigenvalue weighted by molar-refractivity contribution is 7.15. The van der Waals surface area contributed by atoms with Gasteiger partial charge in [0.05, 0.1) is 17.9 Å². The zero-order valence-electron chi connectivity index (χ0n) is 13.7. The van der Waals surface area contributed by atoms with E-state index in [1.807, 2.05) is 0 Å². The molecule has 0 atom stereocenters. The molecule has 1 N–H and O–H groups in total. The summed E-state index contributed by atoms with van der Waals surface area (Å²) in [5.41, 5.74) is 0.323. The van der Waals surface area contributed by atoms with E-state index in [9.17, 15) is 14.9 Å². The van der Waals surface area contributed by atoms with Crippen molar-refractivity contribution in [2.75, 3.05) is 18.4 Å². The number of rotatable bonds is 6. The van der Waals surface area contributed by atoms with Gasteiger partial charge in [-0.1, -0.05) is 36.0 Å². The first kappa shape index (κ1) is 17.4. The van der Waals surface area contributed by atoms with E-state index in [0.717, 1.165) is 24.6 Å². The van der Waals surface area contributed by atoms with Crippen molar-refractivity contribution in [3.05, 3.63) is 45.0 Å². The van der Waals surface area contributed by atoms with Crippen LogP contribution >= 0.6 is 11.3 Å². The number of hydrogen-bond acceptors (Lipinski definition) is 7. The molecule has 9 heteroatoms. The number of carbonyl (C=O) groups excluding carboxylic acids is 1. The number of likely N-dealkylation sites (tertiary alicyclic amines) is 1. The van der Waals surface area contributed by atoms with Crippen molar-refractivity contribution in [1.29, 1.82) is 0 Å². The van der Waals surface area contributed by atoms with Crippen LogP contribution in [0.2, 0.25) is 0 Å². The van der Waals surface area contributed by atoms with E-state index in [4.69, 9.17) is 0 Å². The fraction of sp³-hybridized carbons (Fsp3) is 0.438. The molecular weight excluding hydrogens is 342 g/mol. The molecule has 2 aromatic rings. The molecule has 1 aliphatic heterocycles. The quantitative estimate of drug-likeness (QED) is 0.627. The number of nitrogens with one attached hydrogen (secondary N) is 1. The van der Waals surface area contributed by atoms with Crippen molar-refractivity contribution < 1.29 is 9.72 Å². The molecule has 1 aliphatic rings. The molecule has 0 aliphatic carbocycles. The van der Waals surface area contributed by atoms with Crippen LogP contribution in [0.4, 0.5) is 10.8 Å². The van der Waals surface area contributed by atoms with Gasteiger partial charge in [-0.3, -0.25) is 19.8 Å². The summed E-state index contributed by atoms with van der Waals surface area (Å²) in [6.07, 6.45) is 3.62. The lowest BCUT2D eigenvalue weighted by Gasteiger charge is -2.24. The Morgan fingerprint density at radius 3 is 2.76 bits per heavy atom. The van der Waals surface area contributed by atoms with Crippen molar-refractivity contribution in [3.8, 4) is 0 Å². The Balaban J connectivity index is 1.57. The summed E-state index contributed by atoms with van der Waals surface area (Å²) < 4.78 is 0. The van der Waals surface area contributed by atoms with Crippen LogP contribution in [-0.4, -0.2) is 39.0 Å². The smallest absolute Gasteiger partial charge is 0.273 e. The van der Waals surface area contributed by atoms with Crippen molar-refractivity contribution in [3.63, 3.8) is 0 Å². The molecular formula is C16H19N5O3S. The zero-order chi connectivity index (χ0) is 17.6. The van der Waals surface area contributed by atoms with Gasteiger partial charge in [-0.25, -0.2) is 0 Å². The largest absolute Gasteiger partial charge is 0.300 e. The number of piperidine rings is 1. The van der Waals surface area contributed by atoms with Gasteiger partial charge in [0.2, 0.25) is 11.0 Å². The van der Waals surface area contributed by atoms with Gasteiger partial charge in [-0.05, 0) is 25.9 Å². The highest BCUT2D eigenvalue weighted by atomic mass is 32.1. The van der Waals surface area contributed by atoms with Crippen LogP contribution in [0, 0.1) is 10.1 Å². The zero-order valence-corrected chi connectivity index (χ0v) is 14.5. The van der Waals surface area contributed by atoms with Crippen LogP contribution < -0.4 is 5.32 Å². The minimum absolute atomic E-state index is 0.0549. The Morgan fingerprint density at radius 1 is 1.24 bits per heavy atom. The average Bonchev–Trinajstić information content (AvgIpc) is 3.02. The molecule has 132 valence electrons. The first-order valence-electron chi connectivity index (χ1n) is 8.19. The van der Waals surface area contributed by atoms with Crippen molar-refractivity contribution in [2.24, 2.45) is 0 Å². The summed E-state index contributed by atoms with van der Waals surface area (Å²) in [7, 11) is 0. The van der Waals surface area contributed by atoms with Gasteiger partial charge in [0, 0.05) is 11.6 Å². The number of para-hydroxylation sites is 1. The number of benzene rings is 1. The molecule has 0 radical (unpaired) electrons. The van der Waals surface area contributed by atoms with E-state index in [-0.39, 0.29) is 18.0 Å². The van der Waals surface area contributed by atoms with Crippen molar-refractivity contribution >= 4 is 28.1 Å². The molecule has 0 spiro atoms. The van der Waals surface area contributed by atoms with Crippen LogP contribution in [0.5, 0.6) is 0 Å². The number of aromatic nitrogens is 2. The van der Waals surface area contributed by atoms with E-state index in [1.165, 1.54) is 36.7 Å². The Hall–Kier alpha value is -2.39. The molecule has 8 nitrogen and oxygen atoms in total. The number of nitro benzene ring substituents is 1. The fourth-order valence-electron chi connectivity index (χ4n) is 2.85. The fourth-order valence-corrected chi connectivity index (χ4v) is 3.65. The minimum Gasteiger partial charge on any atom is -0.300 e. The highest BCUT2D eigenvalue weighted by Crippen LogP contribution is 2.21. The van der Waals surface area contributed by atoms with Gasteiger partial charge >= 0.3 is 0 Å². The lowest BCUT2D eigenvalue weighted by atomic mass is 10.1. The summed E-state index contributed by atoms with van der Waals surface area (Å²) >= 11 is 1.35. The number of hydrogen-bond donors (Lipinski definition) is 1. The molecule has 1 aromatic carbocycles. The average molecular weight is 361 g/mol. The molecule has 0 saturated carbocycles. The second-order valence-electron chi connectivity index (χ2n) is 5.95. The second kappa shape index (κ2) is 8.13. The van der Waals surface area contributed by atoms with Gasteiger partial charge in [0.15, 0.2) is 0 Å². The maximum atomic E-state index is 12.2. The third kappa shape index (κ3) is 4.80. The summed E-state index contributed by atoms with van der Waals surface area (Å²) in [5.74, 6) is -0.338. The van der Waals surface area contributed by atoms with E-state index < -0.39 is 4.92 Å². The Bertz CT molecular complexity index is 758. The van der Waals surface area contributed by atoms with Crippen LogP contribution in [0.1, 0.15) is 29.8 Å². The predicted molar refractivity (Wildman–Crippen MR) is 94.5 cm³/mol. The third-order valence-electron chi connectivity index (χ3n) is 4.06. The van der Waals surface area contributed by atoms with Crippen LogP contribution in [0.3, 0.4) is 0 Å². The first-order chi connectivity index (χ1) is 12.1. The molecule has 0 bridgehead atoms. The van der Waals surface area contributed by atoms with Gasteiger partial charge in [0.25, 0.3) is 5.69 Å². The van der Waals surface area contributed by atoms with Gasteiger partial charge in [-0.15, -0.1) is 10.2 Å². The van der Waals surface area contributed by atoms with Crippen molar-refractivity contribution in [1.82, 2.24) is 15.1 Å². The molecule has 1 saturated heterocycles. The second-order valence-corrected chi connectivity index (χ2v) is 7.01. The standard InChI is InChI=1S/C16H19N5O3S/c22-14(10-12-6-2-3-7-13(12)21(23)24)17-16-19-18-15(25-16)11-20-8-4-1-5-9-20/h2-3,6-7H,1,4-5,8-11H2,(H,17,19,22). The summed E-state index contributed by atoms with van der Waals surface area (Å²) in [4.78, 5) is 25.0. The monoisotopic (exact) mass is 361 g/mol. The molecule has 0 unspecified atom stereocenters. The topological polar surface area (TPSA) is 101 Å². The molecule has 1 aromatic heterocycles. The number of nitro groups is 1. The highest BCUT2D eigenvalue weighted by Gasteiger charge is 2.17. The number of amides is 1. The lowest BCUT2D eigenvalue weighted by molar-refractivity contribution is -0.385. The van der Waals surface area contributed by atoms with Crippen molar-refractivity contribution in [2.45, 2.75) is 32.2 Å². The molecule has 2 heterocycles. The Morgan fingerprint density at radius 2 is 2.00 bits per heavy atom. The normalized spacial score (nSPS) is 15.0. The lowest BCUT2D eigenvalue weighted by Crippen LogP contribution is -2.28. The summed E-state index contributed by atoms with van der Waals surface area (Å²) in [5, 5.41) is 23.1. The van der Waals surface area contributed by atoms with Gasteiger partial charge in [-0.2, -0.15) is 0 Å². The van der Waals surface area contributed by atoms with Gasteiger partial charge in [0.1, 0.15) is 5.01 Å². The maximum Gasteiger partial charge on any atom is 0.273 e. The van der Waals surface area contributed by atoms with Crippen LogP contribution in [-0.2, 0) is 17.8 Å². The number of anilines is 1. The summed E-state index contributed by atoms with van der Waals surface area (Å²) in [6, 6.07) is 6.23. The number of carbonyl (C=O) groups is 1. The predicted octanol–water partition coefficient (Wildman–Crippen LogP) is 2.61. The molecule has 25 heavy (non-hydrogen) atoms. The molecule has 1 fully saturated rings. The first-order valence-corrected chi connectivity index (χ1v) is 9.00. The minimum atomic E-state index is -0.482. The van der Waals surface area contributed by atoms with Gasteiger partial charge < -0.3 is 5.32 Å². The van der Waals surface area contributed by atoms with Crippen LogP contribution in [0.25, 0.3) is 0 Å². The van der Waals surface area contributed by atoms with E-state index >= 15 is 0 Å². The van der Waals surface area contributed by atoms with E-state index in [0.29, 0.717) is 10.7 Å². The molecule has 3 rings (SSSR count). The van der Waals surface area contributed by atoms with E-state index in [2.05, 4.69) is 20.4 Å². The Labute approximate surface area is 149 Å². The Kier molecular flexibility index (Phi) is 5.67. The number of nitrogens with zero attached hydrogens (tertiary/aromatic N) is 4. The molecule has 1 amide bonds.